The van der Waals surface area contributed by atoms with E-state index in [4.69, 9.17) is 9.47 Å². The van der Waals surface area contributed by atoms with Gasteiger partial charge in [-0.15, -0.1) is 0 Å². The van der Waals surface area contributed by atoms with Crippen LogP contribution in [-0.4, -0.2) is 59.3 Å². The zero-order valence-electron chi connectivity index (χ0n) is 31.1. The number of carbonyl (C=O) groups is 2. The second-order valence-corrected chi connectivity index (χ2v) is 14.3. The maximum absolute atomic E-state index is 14.1. The van der Waals surface area contributed by atoms with E-state index in [1.807, 2.05) is 51.1 Å². The summed E-state index contributed by atoms with van der Waals surface area (Å²) in [6, 6.07) is 17.3. The van der Waals surface area contributed by atoms with Crippen LogP contribution in [0.1, 0.15) is 97.6 Å². The van der Waals surface area contributed by atoms with Gasteiger partial charge in [0.05, 0.1) is 6.61 Å². The number of benzene rings is 2. The number of fused-ring (bicyclic) bond motifs is 1. The molecule has 2 heterocycles. The molecule has 4 aromatic rings. The standard InChI is InChI=1S/C40H53N5O5/c1-10-11-20-45(34-25-29-16-13-18-41-36(29)43-37(34)46)38(47)42-35-32(26(2)3)23-30(24-33(35)27(4)5)28-15-12-17-31(22-28)49-21-14-19-44(9)39(48)50-40(6,7)8/h12-13,15-18,22-27H,10-11,14,19-21H2,1-9H3,(H,42,47)(H,41,43,46). The maximum Gasteiger partial charge on any atom is 0.410 e. The van der Waals surface area contributed by atoms with Gasteiger partial charge in [0, 0.05) is 37.4 Å². The Hall–Kier alpha value is -4.86. The lowest BCUT2D eigenvalue weighted by atomic mass is 9.88. The maximum atomic E-state index is 14.1. The van der Waals surface area contributed by atoms with Crippen molar-refractivity contribution in [3.8, 4) is 16.9 Å². The van der Waals surface area contributed by atoms with Crippen molar-refractivity contribution in [3.05, 3.63) is 82.3 Å². The van der Waals surface area contributed by atoms with Gasteiger partial charge in [0.1, 0.15) is 22.7 Å². The van der Waals surface area contributed by atoms with Gasteiger partial charge in [0.2, 0.25) is 0 Å². The predicted octanol–water partition coefficient (Wildman–Crippen LogP) is 9.31. The first-order chi connectivity index (χ1) is 23.7. The summed E-state index contributed by atoms with van der Waals surface area (Å²) in [6.45, 7) is 17.4. The fourth-order valence-electron chi connectivity index (χ4n) is 5.64. The van der Waals surface area contributed by atoms with Gasteiger partial charge in [-0.3, -0.25) is 9.69 Å². The van der Waals surface area contributed by atoms with E-state index >= 15 is 0 Å². The minimum atomic E-state index is -0.539. The highest BCUT2D eigenvalue weighted by Gasteiger charge is 2.24. The molecule has 0 saturated heterocycles. The van der Waals surface area contributed by atoms with Crippen LogP contribution < -0.4 is 20.5 Å². The Morgan fingerprint density at radius 1 is 0.920 bits per heavy atom. The molecule has 10 nitrogen and oxygen atoms in total. The molecule has 0 aliphatic rings. The van der Waals surface area contributed by atoms with E-state index in [0.717, 1.165) is 51.9 Å². The van der Waals surface area contributed by atoms with E-state index in [1.54, 1.807) is 29.1 Å². The first-order valence-corrected chi connectivity index (χ1v) is 17.6. The third kappa shape index (κ3) is 9.86. The van der Waals surface area contributed by atoms with Crippen LogP contribution in [0.5, 0.6) is 5.75 Å². The average molecular weight is 684 g/mol. The molecule has 50 heavy (non-hydrogen) atoms. The minimum absolute atomic E-state index is 0.100. The third-order valence-electron chi connectivity index (χ3n) is 8.32. The van der Waals surface area contributed by atoms with Crippen molar-refractivity contribution in [2.24, 2.45) is 0 Å². The molecule has 0 saturated carbocycles. The molecule has 0 fully saturated rings. The lowest BCUT2D eigenvalue weighted by Crippen LogP contribution is -2.39. The Balaban J connectivity index is 1.59. The number of pyridine rings is 2. The molecule has 2 N–H and O–H groups in total. The number of anilines is 2. The molecular formula is C40H53N5O5. The van der Waals surface area contributed by atoms with Gasteiger partial charge < -0.3 is 24.7 Å². The van der Waals surface area contributed by atoms with Gasteiger partial charge in [0.15, 0.2) is 0 Å². The fraction of sp³-hybridized carbons (Fsp3) is 0.450. The summed E-state index contributed by atoms with van der Waals surface area (Å²) in [6.07, 6.45) is 3.54. The highest BCUT2D eigenvalue weighted by atomic mass is 16.6. The van der Waals surface area contributed by atoms with Gasteiger partial charge in [0.25, 0.3) is 5.56 Å². The molecule has 4 rings (SSSR count). The number of hydrogen-bond donors (Lipinski definition) is 2. The van der Waals surface area contributed by atoms with Crippen molar-refractivity contribution in [1.82, 2.24) is 14.9 Å². The molecule has 2 aromatic heterocycles. The molecule has 10 heteroatoms. The first-order valence-electron chi connectivity index (χ1n) is 17.6. The molecule has 0 aliphatic heterocycles. The minimum Gasteiger partial charge on any atom is -0.494 e. The van der Waals surface area contributed by atoms with Crippen LogP contribution in [-0.2, 0) is 4.74 Å². The number of hydrogen-bond acceptors (Lipinski definition) is 6. The van der Waals surface area contributed by atoms with Gasteiger partial charge in [-0.05, 0) is 110 Å². The summed E-state index contributed by atoms with van der Waals surface area (Å²) in [7, 11) is 1.73. The van der Waals surface area contributed by atoms with Crippen LogP contribution in [0.15, 0.2) is 65.6 Å². The quantitative estimate of drug-likeness (QED) is 0.136. The number of nitrogens with one attached hydrogen (secondary N) is 2. The summed E-state index contributed by atoms with van der Waals surface area (Å²) in [5.74, 6) is 0.936. The highest BCUT2D eigenvalue weighted by molar-refractivity contribution is 6.03. The average Bonchev–Trinajstić information content (AvgIpc) is 3.06. The molecule has 0 bridgehead atoms. The highest BCUT2D eigenvalue weighted by Crippen LogP contribution is 2.38. The topological polar surface area (TPSA) is 117 Å². The van der Waals surface area contributed by atoms with Crippen LogP contribution >= 0.6 is 0 Å². The number of ether oxygens (including phenoxy) is 2. The molecule has 0 spiro atoms. The van der Waals surface area contributed by atoms with Gasteiger partial charge in [-0.25, -0.2) is 14.6 Å². The summed E-state index contributed by atoms with van der Waals surface area (Å²) >= 11 is 0. The van der Waals surface area contributed by atoms with Crippen molar-refractivity contribution in [2.75, 3.05) is 37.0 Å². The largest absolute Gasteiger partial charge is 0.494 e. The Labute approximate surface area is 296 Å². The Kier molecular flexibility index (Phi) is 12.7. The third-order valence-corrected chi connectivity index (χ3v) is 8.32. The lowest BCUT2D eigenvalue weighted by Gasteiger charge is -2.27. The fourth-order valence-corrected chi connectivity index (χ4v) is 5.64. The number of amides is 3. The van der Waals surface area contributed by atoms with Crippen LogP contribution in [0.25, 0.3) is 22.2 Å². The van der Waals surface area contributed by atoms with Crippen molar-refractivity contribution in [1.29, 1.82) is 0 Å². The zero-order chi connectivity index (χ0) is 36.6. The second-order valence-electron chi connectivity index (χ2n) is 14.3. The van der Waals surface area contributed by atoms with E-state index in [2.05, 4.69) is 68.1 Å². The zero-order valence-corrected chi connectivity index (χ0v) is 31.1. The van der Waals surface area contributed by atoms with Crippen LogP contribution in [0.3, 0.4) is 0 Å². The number of rotatable bonds is 13. The molecule has 0 radical (unpaired) electrons. The van der Waals surface area contributed by atoms with Crippen molar-refractivity contribution in [2.45, 2.75) is 92.1 Å². The van der Waals surface area contributed by atoms with Crippen molar-refractivity contribution >= 4 is 34.5 Å². The Morgan fingerprint density at radius 3 is 2.26 bits per heavy atom. The first kappa shape index (κ1) is 38.0. The van der Waals surface area contributed by atoms with Crippen molar-refractivity contribution in [3.63, 3.8) is 0 Å². The normalized spacial score (nSPS) is 11.6. The number of aromatic nitrogens is 2. The lowest BCUT2D eigenvalue weighted by molar-refractivity contribution is 0.0292. The molecule has 3 amide bonds. The van der Waals surface area contributed by atoms with Crippen LogP contribution in [0, 0.1) is 0 Å². The number of H-pyrrole nitrogens is 1. The van der Waals surface area contributed by atoms with E-state index < -0.39 is 5.60 Å². The molecule has 2 aromatic carbocycles. The molecule has 268 valence electrons. The van der Waals surface area contributed by atoms with Crippen LogP contribution in [0.2, 0.25) is 0 Å². The van der Waals surface area contributed by atoms with Crippen LogP contribution in [0.4, 0.5) is 21.0 Å². The monoisotopic (exact) mass is 683 g/mol. The summed E-state index contributed by atoms with van der Waals surface area (Å²) in [4.78, 5) is 49.8. The number of carbonyl (C=O) groups excluding carboxylic acids is 2. The van der Waals surface area contributed by atoms with Gasteiger partial charge >= 0.3 is 12.1 Å². The number of unbranched alkanes of at least 4 members (excludes halogenated alkanes) is 1. The summed E-state index contributed by atoms with van der Waals surface area (Å²) in [5, 5.41) is 3.99. The van der Waals surface area contributed by atoms with Gasteiger partial charge in [-0.1, -0.05) is 53.2 Å². The summed E-state index contributed by atoms with van der Waals surface area (Å²) in [5.41, 5.74) is 4.67. The van der Waals surface area contributed by atoms with E-state index in [-0.39, 0.29) is 29.5 Å². The molecule has 0 unspecified atom stereocenters. The molecule has 0 aliphatic carbocycles. The van der Waals surface area contributed by atoms with E-state index in [0.29, 0.717) is 37.5 Å². The van der Waals surface area contributed by atoms with Gasteiger partial charge in [-0.2, -0.15) is 0 Å². The molecule has 0 atom stereocenters. The predicted molar refractivity (Wildman–Crippen MR) is 203 cm³/mol. The number of urea groups is 1. The summed E-state index contributed by atoms with van der Waals surface area (Å²) < 4.78 is 11.5. The second kappa shape index (κ2) is 16.7. The Morgan fingerprint density at radius 2 is 1.62 bits per heavy atom. The van der Waals surface area contributed by atoms with E-state index in [9.17, 15) is 14.4 Å². The number of aromatic amines is 1. The van der Waals surface area contributed by atoms with Crippen molar-refractivity contribution < 1.29 is 19.1 Å². The van der Waals surface area contributed by atoms with E-state index in [1.165, 1.54) is 0 Å². The molecular weight excluding hydrogens is 630 g/mol. The number of nitrogens with zero attached hydrogens (tertiary/aromatic N) is 3. The Bertz CT molecular complexity index is 1810. The smallest absolute Gasteiger partial charge is 0.410 e. The SMILES string of the molecule is CCCCN(C(=O)Nc1c(C(C)C)cc(-c2cccc(OCCCN(C)C(=O)OC(C)(C)C)c2)cc1C(C)C)c1cc2cccnc2[nH]c1=O.